The standard InChI is InChI=1S/C15H18N4O2S/c1-3-4-10-19(12-8-6-5-7-9-12)14(21)13(20)16-15-18-17-11(2)22-15/h5-9H,3-4,10H2,1-2H3,(H,16,18,20). The molecule has 7 heteroatoms. The van der Waals surface area contributed by atoms with Crippen molar-refractivity contribution in [3.05, 3.63) is 35.3 Å². The van der Waals surface area contributed by atoms with E-state index in [0.29, 0.717) is 17.4 Å². The maximum Gasteiger partial charge on any atom is 0.316 e. The van der Waals surface area contributed by atoms with Crippen LogP contribution in [-0.4, -0.2) is 28.6 Å². The first kappa shape index (κ1) is 16.1. The molecule has 22 heavy (non-hydrogen) atoms. The zero-order valence-electron chi connectivity index (χ0n) is 12.6. The van der Waals surface area contributed by atoms with Crippen molar-refractivity contribution in [1.82, 2.24) is 10.2 Å². The fourth-order valence-corrected chi connectivity index (χ4v) is 2.48. The van der Waals surface area contributed by atoms with Crippen LogP contribution in [0.25, 0.3) is 0 Å². The topological polar surface area (TPSA) is 75.2 Å². The lowest BCUT2D eigenvalue weighted by molar-refractivity contribution is -0.134. The van der Waals surface area contributed by atoms with E-state index in [1.807, 2.05) is 37.3 Å². The molecule has 1 N–H and O–H groups in total. The minimum absolute atomic E-state index is 0.333. The molecule has 0 aliphatic rings. The van der Waals surface area contributed by atoms with Crippen LogP contribution in [0, 0.1) is 6.92 Å². The van der Waals surface area contributed by atoms with Gasteiger partial charge in [0.25, 0.3) is 0 Å². The summed E-state index contributed by atoms with van der Waals surface area (Å²) in [6.45, 7) is 4.33. The molecule has 0 aliphatic heterocycles. The zero-order chi connectivity index (χ0) is 15.9. The van der Waals surface area contributed by atoms with E-state index in [4.69, 9.17) is 0 Å². The molecule has 2 aromatic rings. The van der Waals surface area contributed by atoms with Crippen LogP contribution >= 0.6 is 11.3 Å². The fourth-order valence-electron chi connectivity index (χ4n) is 1.89. The number of nitrogens with one attached hydrogen (secondary N) is 1. The Morgan fingerprint density at radius 3 is 2.55 bits per heavy atom. The van der Waals surface area contributed by atoms with E-state index in [2.05, 4.69) is 15.5 Å². The van der Waals surface area contributed by atoms with Crippen LogP contribution in [0.5, 0.6) is 0 Å². The number of para-hydroxylation sites is 1. The lowest BCUT2D eigenvalue weighted by Gasteiger charge is -2.21. The molecule has 0 saturated carbocycles. The first-order valence-corrected chi connectivity index (χ1v) is 7.91. The largest absolute Gasteiger partial charge is 0.316 e. The first-order chi connectivity index (χ1) is 10.6. The molecule has 0 radical (unpaired) electrons. The molecular weight excluding hydrogens is 300 g/mol. The van der Waals surface area contributed by atoms with Crippen molar-refractivity contribution in [2.24, 2.45) is 0 Å². The number of anilines is 2. The van der Waals surface area contributed by atoms with E-state index in [1.54, 1.807) is 6.92 Å². The Labute approximate surface area is 133 Å². The van der Waals surface area contributed by atoms with E-state index in [9.17, 15) is 9.59 Å². The molecule has 0 bridgehead atoms. The summed E-state index contributed by atoms with van der Waals surface area (Å²) in [5.74, 6) is -1.29. The van der Waals surface area contributed by atoms with Crippen molar-refractivity contribution >= 4 is 34.0 Å². The van der Waals surface area contributed by atoms with Gasteiger partial charge in [-0.1, -0.05) is 42.9 Å². The summed E-state index contributed by atoms with van der Waals surface area (Å²) in [5, 5.41) is 11.2. The van der Waals surface area contributed by atoms with Gasteiger partial charge in [-0.2, -0.15) is 0 Å². The Morgan fingerprint density at radius 2 is 1.95 bits per heavy atom. The minimum Gasteiger partial charge on any atom is -0.304 e. The van der Waals surface area contributed by atoms with E-state index < -0.39 is 11.8 Å². The quantitative estimate of drug-likeness (QED) is 0.860. The number of unbranched alkanes of at least 4 members (excludes halogenated alkanes) is 1. The van der Waals surface area contributed by atoms with Gasteiger partial charge in [-0.05, 0) is 25.5 Å². The molecule has 1 aromatic heterocycles. The van der Waals surface area contributed by atoms with Crippen LogP contribution < -0.4 is 10.2 Å². The summed E-state index contributed by atoms with van der Waals surface area (Å²) in [6, 6.07) is 9.18. The highest BCUT2D eigenvalue weighted by Crippen LogP contribution is 2.17. The van der Waals surface area contributed by atoms with Gasteiger partial charge < -0.3 is 4.90 Å². The average Bonchev–Trinajstić information content (AvgIpc) is 2.93. The Morgan fingerprint density at radius 1 is 1.23 bits per heavy atom. The van der Waals surface area contributed by atoms with Crippen LogP contribution in [0.1, 0.15) is 24.8 Å². The molecule has 0 unspecified atom stereocenters. The fraction of sp³-hybridized carbons (Fsp3) is 0.333. The summed E-state index contributed by atoms with van der Waals surface area (Å²) < 4.78 is 0. The van der Waals surface area contributed by atoms with Gasteiger partial charge >= 0.3 is 11.8 Å². The van der Waals surface area contributed by atoms with Gasteiger partial charge in [-0.15, -0.1) is 10.2 Å². The molecule has 116 valence electrons. The number of hydrogen-bond donors (Lipinski definition) is 1. The highest BCUT2D eigenvalue weighted by molar-refractivity contribution is 7.15. The molecule has 1 aromatic carbocycles. The summed E-state index contributed by atoms with van der Waals surface area (Å²) in [6.07, 6.45) is 1.76. The van der Waals surface area contributed by atoms with Crippen molar-refractivity contribution in [1.29, 1.82) is 0 Å². The molecule has 0 atom stereocenters. The summed E-state index contributed by atoms with van der Waals surface area (Å²) in [5.41, 5.74) is 0.713. The second-order valence-corrected chi connectivity index (χ2v) is 5.91. The Hall–Kier alpha value is -2.28. The Balaban J connectivity index is 2.12. The molecular formula is C15H18N4O2S. The van der Waals surface area contributed by atoms with Crippen molar-refractivity contribution in [2.45, 2.75) is 26.7 Å². The lowest BCUT2D eigenvalue weighted by Crippen LogP contribution is -2.40. The predicted molar refractivity (Wildman–Crippen MR) is 87.0 cm³/mol. The smallest absolute Gasteiger partial charge is 0.304 e. The van der Waals surface area contributed by atoms with Crippen LogP contribution in [0.4, 0.5) is 10.8 Å². The number of carbonyl (C=O) groups is 2. The highest BCUT2D eigenvalue weighted by atomic mass is 32.1. The van der Waals surface area contributed by atoms with Crippen molar-refractivity contribution in [3.8, 4) is 0 Å². The number of benzene rings is 1. The van der Waals surface area contributed by atoms with Crippen molar-refractivity contribution in [3.63, 3.8) is 0 Å². The van der Waals surface area contributed by atoms with E-state index in [0.717, 1.165) is 17.8 Å². The minimum atomic E-state index is -0.698. The third kappa shape index (κ3) is 4.11. The van der Waals surface area contributed by atoms with Gasteiger partial charge in [0.15, 0.2) is 0 Å². The van der Waals surface area contributed by atoms with Gasteiger partial charge in [0.1, 0.15) is 5.01 Å². The molecule has 0 saturated heterocycles. The lowest BCUT2D eigenvalue weighted by atomic mass is 10.2. The number of carbonyl (C=O) groups excluding carboxylic acids is 2. The number of rotatable bonds is 5. The number of nitrogens with zero attached hydrogens (tertiary/aromatic N) is 3. The summed E-state index contributed by atoms with van der Waals surface area (Å²) in [7, 11) is 0. The van der Waals surface area contributed by atoms with Crippen LogP contribution in [-0.2, 0) is 9.59 Å². The molecule has 6 nitrogen and oxygen atoms in total. The molecule has 0 aliphatic carbocycles. The second kappa shape index (κ2) is 7.65. The number of aryl methyl sites for hydroxylation is 1. The molecule has 2 rings (SSSR count). The second-order valence-electron chi connectivity index (χ2n) is 4.73. The zero-order valence-corrected chi connectivity index (χ0v) is 13.4. The molecule has 2 amide bonds. The van der Waals surface area contributed by atoms with Crippen LogP contribution in [0.3, 0.4) is 0 Å². The number of aromatic nitrogens is 2. The SMILES string of the molecule is CCCCN(C(=O)C(=O)Nc1nnc(C)s1)c1ccccc1. The van der Waals surface area contributed by atoms with Crippen molar-refractivity contribution in [2.75, 3.05) is 16.8 Å². The van der Waals surface area contributed by atoms with Gasteiger partial charge in [0.2, 0.25) is 5.13 Å². The predicted octanol–water partition coefficient (Wildman–Crippen LogP) is 2.62. The van der Waals surface area contributed by atoms with Gasteiger partial charge in [-0.25, -0.2) is 0 Å². The van der Waals surface area contributed by atoms with Gasteiger partial charge in [0, 0.05) is 12.2 Å². The van der Waals surface area contributed by atoms with Gasteiger partial charge in [0.05, 0.1) is 0 Å². The third-order valence-corrected chi connectivity index (χ3v) is 3.74. The monoisotopic (exact) mass is 318 g/mol. The van der Waals surface area contributed by atoms with Crippen molar-refractivity contribution < 1.29 is 9.59 Å². The molecule has 0 fully saturated rings. The maximum absolute atomic E-state index is 12.4. The van der Waals surface area contributed by atoms with E-state index >= 15 is 0 Å². The highest BCUT2D eigenvalue weighted by Gasteiger charge is 2.23. The van der Waals surface area contributed by atoms with Crippen LogP contribution in [0.15, 0.2) is 30.3 Å². The molecule has 0 spiro atoms. The van der Waals surface area contributed by atoms with E-state index in [-0.39, 0.29) is 0 Å². The van der Waals surface area contributed by atoms with E-state index in [1.165, 1.54) is 16.2 Å². The summed E-state index contributed by atoms with van der Waals surface area (Å²) in [4.78, 5) is 26.1. The molecule has 1 heterocycles. The Kier molecular flexibility index (Phi) is 5.60. The van der Waals surface area contributed by atoms with Crippen LogP contribution in [0.2, 0.25) is 0 Å². The summed E-state index contributed by atoms with van der Waals surface area (Å²) >= 11 is 1.23. The first-order valence-electron chi connectivity index (χ1n) is 7.09. The number of amides is 2. The third-order valence-electron chi connectivity index (χ3n) is 2.99. The van der Waals surface area contributed by atoms with Gasteiger partial charge in [-0.3, -0.25) is 14.9 Å². The number of hydrogen-bond acceptors (Lipinski definition) is 5. The Bertz CT molecular complexity index is 642. The maximum atomic E-state index is 12.4. The average molecular weight is 318 g/mol. The normalized spacial score (nSPS) is 10.3.